The maximum absolute atomic E-state index is 11.4. The van der Waals surface area contributed by atoms with Gasteiger partial charge in [0.25, 0.3) is 0 Å². The zero-order valence-electron chi connectivity index (χ0n) is 9.35. The molecular formula is C12H11Cl2NO3. The van der Waals surface area contributed by atoms with Gasteiger partial charge in [0, 0.05) is 21.7 Å². The third-order valence-corrected chi connectivity index (χ3v) is 3.55. The molecule has 0 bridgehead atoms. The van der Waals surface area contributed by atoms with Crippen LogP contribution in [-0.4, -0.2) is 28.4 Å². The molecule has 1 aromatic carbocycles. The molecule has 0 saturated heterocycles. The van der Waals surface area contributed by atoms with Crippen molar-refractivity contribution in [3.63, 3.8) is 0 Å². The number of nitrogens with zero attached hydrogens (tertiary/aromatic N) is 1. The van der Waals surface area contributed by atoms with Crippen molar-refractivity contribution in [2.45, 2.75) is 24.9 Å². The van der Waals surface area contributed by atoms with Crippen LogP contribution in [0.4, 0.5) is 0 Å². The lowest BCUT2D eigenvalue weighted by Crippen LogP contribution is -2.35. The summed E-state index contributed by atoms with van der Waals surface area (Å²) < 4.78 is 0. The molecule has 0 aromatic heterocycles. The summed E-state index contributed by atoms with van der Waals surface area (Å²) in [5.41, 5.74) is 0.271. The topological polar surface area (TPSA) is 57.6 Å². The minimum Gasteiger partial charge on any atom is -0.479 e. The first-order chi connectivity index (χ1) is 8.56. The van der Waals surface area contributed by atoms with E-state index in [1.54, 1.807) is 18.2 Å². The number of carbonyl (C=O) groups is 2. The van der Waals surface area contributed by atoms with E-state index >= 15 is 0 Å². The highest BCUT2D eigenvalue weighted by Gasteiger charge is 2.39. The predicted molar refractivity (Wildman–Crippen MR) is 67.8 cm³/mol. The Morgan fingerprint density at radius 1 is 1.39 bits per heavy atom. The van der Waals surface area contributed by atoms with E-state index in [4.69, 9.17) is 23.2 Å². The molecule has 1 unspecified atom stereocenters. The summed E-state index contributed by atoms with van der Waals surface area (Å²) >= 11 is 12.0. The van der Waals surface area contributed by atoms with Gasteiger partial charge in [-0.1, -0.05) is 29.3 Å². The summed E-state index contributed by atoms with van der Waals surface area (Å²) in [6.45, 7) is 0. The minimum atomic E-state index is -1.14. The summed E-state index contributed by atoms with van der Waals surface area (Å²) in [5, 5.41) is 9.84. The lowest BCUT2D eigenvalue weighted by atomic mass is 10.1. The number of rotatable bonds is 5. The second-order valence-corrected chi connectivity index (χ2v) is 4.97. The Labute approximate surface area is 114 Å². The van der Waals surface area contributed by atoms with Crippen molar-refractivity contribution in [1.29, 1.82) is 0 Å². The van der Waals surface area contributed by atoms with Gasteiger partial charge < -0.3 is 10.0 Å². The molecule has 1 aliphatic rings. The number of benzene rings is 1. The molecule has 4 nitrogen and oxygen atoms in total. The van der Waals surface area contributed by atoms with Crippen LogP contribution >= 0.6 is 23.2 Å². The maximum Gasteiger partial charge on any atom is 0.331 e. The van der Waals surface area contributed by atoms with Crippen LogP contribution in [-0.2, 0) is 9.59 Å². The van der Waals surface area contributed by atoms with Crippen LogP contribution in [0.1, 0.15) is 24.4 Å². The molecule has 18 heavy (non-hydrogen) atoms. The van der Waals surface area contributed by atoms with Crippen LogP contribution in [0.2, 0.25) is 10.0 Å². The van der Waals surface area contributed by atoms with Gasteiger partial charge in [0.15, 0.2) is 6.04 Å². The predicted octanol–water partition coefficient (Wildman–Crippen LogP) is 2.74. The molecule has 1 atom stereocenters. The van der Waals surface area contributed by atoms with Gasteiger partial charge in [-0.3, -0.25) is 4.79 Å². The van der Waals surface area contributed by atoms with E-state index in [1.807, 2.05) is 0 Å². The van der Waals surface area contributed by atoms with E-state index in [0.29, 0.717) is 6.41 Å². The number of carbonyl (C=O) groups excluding carboxylic acids is 1. The molecular weight excluding hydrogens is 277 g/mol. The van der Waals surface area contributed by atoms with Crippen LogP contribution in [0.25, 0.3) is 0 Å². The Kier molecular flexibility index (Phi) is 3.78. The second-order valence-electron chi connectivity index (χ2n) is 4.16. The quantitative estimate of drug-likeness (QED) is 0.847. The van der Waals surface area contributed by atoms with E-state index in [0.717, 1.165) is 12.8 Å². The van der Waals surface area contributed by atoms with Crippen LogP contribution in [0.3, 0.4) is 0 Å². The zero-order chi connectivity index (χ0) is 13.3. The van der Waals surface area contributed by atoms with Gasteiger partial charge in [0.05, 0.1) is 0 Å². The van der Waals surface area contributed by atoms with Crippen molar-refractivity contribution in [1.82, 2.24) is 4.90 Å². The number of carboxylic acids is 1. The highest BCUT2D eigenvalue weighted by atomic mass is 35.5. The second kappa shape index (κ2) is 5.16. The molecule has 0 aliphatic heterocycles. The lowest BCUT2D eigenvalue weighted by molar-refractivity contribution is -0.147. The molecule has 0 spiro atoms. The molecule has 1 fully saturated rings. The number of aliphatic carboxylic acids is 1. The lowest BCUT2D eigenvalue weighted by Gasteiger charge is -2.26. The van der Waals surface area contributed by atoms with E-state index in [1.165, 1.54) is 4.90 Å². The highest BCUT2D eigenvalue weighted by Crippen LogP contribution is 2.38. The van der Waals surface area contributed by atoms with E-state index in [2.05, 4.69) is 0 Å². The number of carboxylic acid groups (broad SMARTS) is 1. The van der Waals surface area contributed by atoms with Gasteiger partial charge in [-0.2, -0.15) is 0 Å². The number of halogens is 2. The molecule has 2 rings (SSSR count). The Bertz CT molecular complexity index is 468. The fourth-order valence-corrected chi connectivity index (χ4v) is 2.51. The fraction of sp³-hybridized carbons (Fsp3) is 0.333. The molecule has 1 N–H and O–H groups in total. The fourth-order valence-electron chi connectivity index (χ4n) is 1.90. The smallest absolute Gasteiger partial charge is 0.331 e. The van der Waals surface area contributed by atoms with Crippen LogP contribution in [0.15, 0.2) is 18.2 Å². The number of hydrogen-bond acceptors (Lipinski definition) is 2. The summed E-state index contributed by atoms with van der Waals surface area (Å²) in [4.78, 5) is 23.8. The van der Waals surface area contributed by atoms with Crippen molar-refractivity contribution >= 4 is 35.6 Å². The molecule has 1 aliphatic carbocycles. The zero-order valence-corrected chi connectivity index (χ0v) is 10.9. The average Bonchev–Trinajstić information content (AvgIpc) is 3.11. The van der Waals surface area contributed by atoms with Crippen molar-refractivity contribution in [3.05, 3.63) is 33.8 Å². The van der Waals surface area contributed by atoms with Crippen molar-refractivity contribution < 1.29 is 14.7 Å². The standard InChI is InChI=1S/C12H11Cl2NO3/c13-8-2-1-3-9(14)10(8)11(12(17)18)15(6-16)7-4-5-7/h1-3,6-7,11H,4-5H2,(H,17,18). The first-order valence-electron chi connectivity index (χ1n) is 5.45. The van der Waals surface area contributed by atoms with Crippen LogP contribution in [0, 0.1) is 0 Å². The van der Waals surface area contributed by atoms with Crippen LogP contribution in [0.5, 0.6) is 0 Å². The van der Waals surface area contributed by atoms with Crippen molar-refractivity contribution in [2.75, 3.05) is 0 Å². The normalized spacial score (nSPS) is 16.1. The Balaban J connectivity index is 2.46. The van der Waals surface area contributed by atoms with Gasteiger partial charge in [-0.05, 0) is 25.0 Å². The van der Waals surface area contributed by atoms with Gasteiger partial charge in [0.2, 0.25) is 6.41 Å². The molecule has 1 aromatic rings. The molecule has 6 heteroatoms. The van der Waals surface area contributed by atoms with Gasteiger partial charge in [-0.15, -0.1) is 0 Å². The Hall–Kier alpha value is -1.26. The van der Waals surface area contributed by atoms with Crippen molar-refractivity contribution in [2.24, 2.45) is 0 Å². The van der Waals surface area contributed by atoms with Crippen molar-refractivity contribution in [3.8, 4) is 0 Å². The van der Waals surface area contributed by atoms with E-state index in [9.17, 15) is 14.7 Å². The maximum atomic E-state index is 11.4. The summed E-state index contributed by atoms with van der Waals surface area (Å²) in [6.07, 6.45) is 2.17. The van der Waals surface area contributed by atoms with Gasteiger partial charge in [-0.25, -0.2) is 4.79 Å². The van der Waals surface area contributed by atoms with Gasteiger partial charge >= 0.3 is 5.97 Å². The summed E-state index contributed by atoms with van der Waals surface area (Å²) in [6, 6.07) is 3.60. The number of amides is 1. The third-order valence-electron chi connectivity index (χ3n) is 2.90. The van der Waals surface area contributed by atoms with E-state index in [-0.39, 0.29) is 21.7 Å². The summed E-state index contributed by atoms with van der Waals surface area (Å²) in [7, 11) is 0. The monoisotopic (exact) mass is 287 g/mol. The first-order valence-corrected chi connectivity index (χ1v) is 6.21. The molecule has 1 saturated carbocycles. The average molecular weight is 288 g/mol. The third kappa shape index (κ3) is 2.44. The molecule has 0 heterocycles. The van der Waals surface area contributed by atoms with Gasteiger partial charge in [0.1, 0.15) is 0 Å². The first kappa shape index (κ1) is 13.2. The molecule has 0 radical (unpaired) electrons. The van der Waals surface area contributed by atoms with E-state index < -0.39 is 12.0 Å². The Morgan fingerprint density at radius 2 is 1.94 bits per heavy atom. The highest BCUT2D eigenvalue weighted by molar-refractivity contribution is 6.36. The summed E-state index contributed by atoms with van der Waals surface area (Å²) in [5.74, 6) is -1.14. The molecule has 1 amide bonds. The van der Waals surface area contributed by atoms with Crippen LogP contribution < -0.4 is 0 Å². The minimum absolute atomic E-state index is 0.0315. The Morgan fingerprint density at radius 3 is 2.33 bits per heavy atom. The largest absolute Gasteiger partial charge is 0.479 e. The SMILES string of the molecule is O=CN(C1CC1)C(C(=O)O)c1c(Cl)cccc1Cl. The number of hydrogen-bond donors (Lipinski definition) is 1. The molecule has 96 valence electrons.